The number of aromatic amines is 1. The molecule has 0 saturated carbocycles. The molecule has 0 aliphatic heterocycles. The maximum absolute atomic E-state index is 5.42. The van der Waals surface area contributed by atoms with Gasteiger partial charge in [0.05, 0.1) is 5.69 Å². The van der Waals surface area contributed by atoms with E-state index >= 15 is 0 Å². The molecule has 0 amide bonds. The normalized spacial score (nSPS) is 10.2. The second kappa shape index (κ2) is 5.86. The molecule has 5 N–H and O–H groups in total. The van der Waals surface area contributed by atoms with E-state index in [0.29, 0.717) is 6.54 Å². The highest BCUT2D eigenvalue weighted by atomic mass is 15.1. The molecule has 0 radical (unpaired) electrons. The summed E-state index contributed by atoms with van der Waals surface area (Å²) in [6.45, 7) is 1.49. The van der Waals surface area contributed by atoms with Gasteiger partial charge in [-0.25, -0.2) is 9.97 Å². The van der Waals surface area contributed by atoms with Crippen LogP contribution < -0.4 is 16.4 Å². The standard InChI is InChI=1S/C11H16N6/c12-3-1-4-14-10-6-11(16-8-15-10)17-9-2-5-13-7-9/h2,5-8,13H,1,3-4,12H2,(H2,14,15,16,17). The third-order valence-electron chi connectivity index (χ3n) is 2.22. The number of aromatic nitrogens is 3. The van der Waals surface area contributed by atoms with Gasteiger partial charge < -0.3 is 21.4 Å². The molecule has 0 spiro atoms. The molecule has 2 aromatic heterocycles. The summed E-state index contributed by atoms with van der Waals surface area (Å²) in [5.41, 5.74) is 6.39. The van der Waals surface area contributed by atoms with Crippen LogP contribution in [0.1, 0.15) is 6.42 Å². The molecule has 2 rings (SSSR count). The highest BCUT2D eigenvalue weighted by molar-refractivity contribution is 5.57. The van der Waals surface area contributed by atoms with Crippen LogP contribution >= 0.6 is 0 Å². The van der Waals surface area contributed by atoms with Crippen LogP contribution in [0.5, 0.6) is 0 Å². The van der Waals surface area contributed by atoms with Gasteiger partial charge in [-0.1, -0.05) is 0 Å². The van der Waals surface area contributed by atoms with Crippen LogP contribution in [-0.4, -0.2) is 28.0 Å². The van der Waals surface area contributed by atoms with Crippen LogP contribution in [0.2, 0.25) is 0 Å². The molecule has 0 atom stereocenters. The van der Waals surface area contributed by atoms with Crippen LogP contribution in [0.3, 0.4) is 0 Å². The van der Waals surface area contributed by atoms with Gasteiger partial charge in [0, 0.05) is 25.0 Å². The predicted octanol–water partition coefficient (Wildman–Crippen LogP) is 1.31. The second-order valence-corrected chi connectivity index (χ2v) is 3.58. The molecule has 90 valence electrons. The van der Waals surface area contributed by atoms with E-state index in [1.807, 2.05) is 24.5 Å². The van der Waals surface area contributed by atoms with Crippen molar-refractivity contribution in [1.29, 1.82) is 0 Å². The average molecular weight is 232 g/mol. The molecule has 0 aliphatic carbocycles. The number of nitrogens with zero attached hydrogens (tertiary/aromatic N) is 2. The third-order valence-corrected chi connectivity index (χ3v) is 2.22. The summed E-state index contributed by atoms with van der Waals surface area (Å²) in [4.78, 5) is 11.2. The molecule has 0 unspecified atom stereocenters. The Morgan fingerprint density at radius 1 is 1.29 bits per heavy atom. The van der Waals surface area contributed by atoms with Gasteiger partial charge >= 0.3 is 0 Å². The lowest BCUT2D eigenvalue weighted by Gasteiger charge is -2.06. The fourth-order valence-corrected chi connectivity index (χ4v) is 1.39. The van der Waals surface area contributed by atoms with Crippen molar-refractivity contribution in [3.8, 4) is 0 Å². The summed E-state index contributed by atoms with van der Waals surface area (Å²) < 4.78 is 0. The predicted molar refractivity (Wildman–Crippen MR) is 68.3 cm³/mol. The molecular formula is C11H16N6. The maximum Gasteiger partial charge on any atom is 0.135 e. The smallest absolute Gasteiger partial charge is 0.135 e. The van der Waals surface area contributed by atoms with Gasteiger partial charge in [-0.2, -0.15) is 0 Å². The Balaban J connectivity index is 1.96. The summed E-state index contributed by atoms with van der Waals surface area (Å²) in [6.07, 6.45) is 6.16. The lowest BCUT2D eigenvalue weighted by molar-refractivity contribution is 0.869. The third kappa shape index (κ3) is 3.46. The Labute approximate surface area is 99.7 Å². The van der Waals surface area contributed by atoms with Crippen LogP contribution in [0.15, 0.2) is 30.9 Å². The van der Waals surface area contributed by atoms with Crippen molar-refractivity contribution in [1.82, 2.24) is 15.0 Å². The Kier molecular flexibility index (Phi) is 3.93. The number of nitrogens with one attached hydrogen (secondary N) is 3. The average Bonchev–Trinajstić information content (AvgIpc) is 2.83. The van der Waals surface area contributed by atoms with Crippen molar-refractivity contribution in [3.05, 3.63) is 30.9 Å². The van der Waals surface area contributed by atoms with Crippen molar-refractivity contribution in [2.45, 2.75) is 6.42 Å². The molecule has 2 aromatic rings. The van der Waals surface area contributed by atoms with Crippen LogP contribution in [-0.2, 0) is 0 Å². The van der Waals surface area contributed by atoms with Gasteiger partial charge in [0.25, 0.3) is 0 Å². The largest absolute Gasteiger partial charge is 0.370 e. The minimum atomic E-state index is 0.673. The molecule has 17 heavy (non-hydrogen) atoms. The van der Waals surface area contributed by atoms with E-state index in [-0.39, 0.29) is 0 Å². The quantitative estimate of drug-likeness (QED) is 0.564. The molecule has 0 saturated heterocycles. The van der Waals surface area contributed by atoms with Gasteiger partial charge in [-0.05, 0) is 19.0 Å². The monoisotopic (exact) mass is 232 g/mol. The van der Waals surface area contributed by atoms with E-state index < -0.39 is 0 Å². The summed E-state index contributed by atoms with van der Waals surface area (Å²) >= 11 is 0. The first-order valence-electron chi connectivity index (χ1n) is 5.54. The summed E-state index contributed by atoms with van der Waals surface area (Å²) in [6, 6.07) is 3.80. The number of hydrogen-bond donors (Lipinski definition) is 4. The zero-order valence-electron chi connectivity index (χ0n) is 9.48. The first kappa shape index (κ1) is 11.4. The van der Waals surface area contributed by atoms with Gasteiger partial charge in [0.2, 0.25) is 0 Å². The number of hydrogen-bond acceptors (Lipinski definition) is 5. The SMILES string of the molecule is NCCCNc1cc(Nc2cc[nH]c2)ncn1. The number of H-pyrrole nitrogens is 1. The Morgan fingerprint density at radius 2 is 2.18 bits per heavy atom. The fourth-order valence-electron chi connectivity index (χ4n) is 1.39. The molecule has 0 aliphatic rings. The fraction of sp³-hybridized carbons (Fsp3) is 0.273. The topological polar surface area (TPSA) is 91.7 Å². The Bertz CT molecular complexity index is 439. The molecule has 0 bridgehead atoms. The molecule has 0 fully saturated rings. The van der Waals surface area contributed by atoms with Gasteiger partial charge in [0.15, 0.2) is 0 Å². The van der Waals surface area contributed by atoms with Crippen LogP contribution in [0.25, 0.3) is 0 Å². The number of rotatable bonds is 6. The number of nitrogens with two attached hydrogens (primary N) is 1. The molecule has 2 heterocycles. The number of anilines is 3. The summed E-state index contributed by atoms with van der Waals surface area (Å²) in [5.74, 6) is 1.56. The first-order valence-corrected chi connectivity index (χ1v) is 5.54. The Hall–Kier alpha value is -2.08. The highest BCUT2D eigenvalue weighted by Crippen LogP contribution is 2.14. The van der Waals surface area contributed by atoms with Crippen LogP contribution in [0, 0.1) is 0 Å². The van der Waals surface area contributed by atoms with E-state index in [4.69, 9.17) is 5.73 Å². The van der Waals surface area contributed by atoms with Crippen molar-refractivity contribution < 1.29 is 0 Å². The molecule has 6 nitrogen and oxygen atoms in total. The van der Waals surface area contributed by atoms with Gasteiger partial charge in [-0.15, -0.1) is 0 Å². The summed E-state index contributed by atoms with van der Waals surface area (Å²) in [5, 5.41) is 6.35. The minimum absolute atomic E-state index is 0.673. The van der Waals surface area contributed by atoms with E-state index in [2.05, 4.69) is 25.6 Å². The van der Waals surface area contributed by atoms with Crippen LogP contribution in [0.4, 0.5) is 17.3 Å². The van der Waals surface area contributed by atoms with Crippen molar-refractivity contribution in [2.24, 2.45) is 5.73 Å². The van der Waals surface area contributed by atoms with E-state index in [0.717, 1.165) is 30.3 Å². The van der Waals surface area contributed by atoms with Gasteiger partial charge in [-0.3, -0.25) is 0 Å². The van der Waals surface area contributed by atoms with Crippen molar-refractivity contribution in [2.75, 3.05) is 23.7 Å². The second-order valence-electron chi connectivity index (χ2n) is 3.58. The lowest BCUT2D eigenvalue weighted by Crippen LogP contribution is -2.09. The lowest BCUT2D eigenvalue weighted by atomic mass is 10.4. The molecular weight excluding hydrogens is 216 g/mol. The summed E-state index contributed by atoms with van der Waals surface area (Å²) in [7, 11) is 0. The molecule has 0 aromatic carbocycles. The zero-order valence-corrected chi connectivity index (χ0v) is 9.48. The van der Waals surface area contributed by atoms with Gasteiger partial charge in [0.1, 0.15) is 18.0 Å². The van der Waals surface area contributed by atoms with Crippen molar-refractivity contribution in [3.63, 3.8) is 0 Å². The van der Waals surface area contributed by atoms with E-state index in [9.17, 15) is 0 Å². The molecule has 6 heteroatoms. The highest BCUT2D eigenvalue weighted by Gasteiger charge is 1.99. The van der Waals surface area contributed by atoms with E-state index in [1.54, 1.807) is 0 Å². The zero-order chi connectivity index (χ0) is 11.9. The Morgan fingerprint density at radius 3 is 2.94 bits per heavy atom. The van der Waals surface area contributed by atoms with E-state index in [1.165, 1.54) is 6.33 Å². The maximum atomic E-state index is 5.42. The minimum Gasteiger partial charge on any atom is -0.370 e. The van der Waals surface area contributed by atoms with Crippen molar-refractivity contribution >= 4 is 17.3 Å². The first-order chi connectivity index (χ1) is 8.38.